The number of rotatable bonds is 3. The van der Waals surface area contributed by atoms with Crippen molar-refractivity contribution in [2.75, 3.05) is 33.7 Å². The second kappa shape index (κ2) is 4.33. The number of ether oxygens (including phenoxy) is 1. The van der Waals surface area contributed by atoms with Gasteiger partial charge in [-0.2, -0.15) is 0 Å². The van der Waals surface area contributed by atoms with E-state index in [2.05, 4.69) is 9.80 Å². The quantitative estimate of drug-likeness (QED) is 0.495. The summed E-state index contributed by atoms with van der Waals surface area (Å²) < 4.78 is 5.39. The summed E-state index contributed by atoms with van der Waals surface area (Å²) >= 11 is 0. The highest BCUT2D eigenvalue weighted by atomic mass is 16.6. The van der Waals surface area contributed by atoms with Crippen LogP contribution in [0.2, 0.25) is 0 Å². The Bertz CT molecular complexity index is 304. The third-order valence-electron chi connectivity index (χ3n) is 3.21. The molecule has 5 heteroatoms. The molecule has 2 bridgehead atoms. The normalized spacial score (nSPS) is 25.1. The molecule has 0 saturated carbocycles. The van der Waals surface area contributed by atoms with Crippen molar-refractivity contribution in [2.24, 2.45) is 0 Å². The molecule has 5 nitrogen and oxygen atoms in total. The Labute approximate surface area is 96.2 Å². The maximum Gasteiger partial charge on any atom is 0.332 e. The summed E-state index contributed by atoms with van der Waals surface area (Å²) in [5.74, 6) is -0.129. The van der Waals surface area contributed by atoms with E-state index in [-0.39, 0.29) is 18.2 Å². The number of fused-ring (bicyclic) bond motifs is 2. The lowest BCUT2D eigenvalue weighted by molar-refractivity contribution is -0.163. The Morgan fingerprint density at radius 3 is 2.62 bits per heavy atom. The lowest BCUT2D eigenvalue weighted by atomic mass is 10.1. The van der Waals surface area contributed by atoms with E-state index in [9.17, 15) is 4.79 Å². The fraction of sp³-hybridized carbons (Fsp3) is 0.727. The van der Waals surface area contributed by atoms with Crippen LogP contribution in [0.4, 0.5) is 0 Å². The van der Waals surface area contributed by atoms with Gasteiger partial charge in [-0.3, -0.25) is 4.90 Å². The average Bonchev–Trinajstić information content (AvgIpc) is 2.30. The monoisotopic (exact) mass is 225 g/mol. The van der Waals surface area contributed by atoms with Crippen molar-refractivity contribution >= 4 is 5.97 Å². The largest absolute Gasteiger partial charge is 0.445 e. The molecule has 90 valence electrons. The molecule has 2 atom stereocenters. The van der Waals surface area contributed by atoms with Gasteiger partial charge in [0.25, 0.3) is 0 Å². The molecule has 3 aliphatic rings. The van der Waals surface area contributed by atoms with Gasteiger partial charge in [0.05, 0.1) is 0 Å². The summed E-state index contributed by atoms with van der Waals surface area (Å²) in [5, 5.41) is 0. The molecule has 0 aromatic rings. The first-order chi connectivity index (χ1) is 7.58. The van der Waals surface area contributed by atoms with Crippen LogP contribution in [-0.4, -0.2) is 66.7 Å². The summed E-state index contributed by atoms with van der Waals surface area (Å²) in [5.41, 5.74) is 0. The van der Waals surface area contributed by atoms with Crippen molar-refractivity contribution in [1.29, 1.82) is 0 Å². The van der Waals surface area contributed by atoms with Gasteiger partial charge in [0.2, 0.25) is 0 Å². The van der Waals surface area contributed by atoms with Crippen LogP contribution in [0.3, 0.4) is 0 Å². The molecule has 3 rings (SSSR count). The fourth-order valence-corrected chi connectivity index (χ4v) is 1.87. The van der Waals surface area contributed by atoms with Gasteiger partial charge in [-0.15, -0.1) is 0 Å². The van der Waals surface area contributed by atoms with E-state index in [1.165, 1.54) is 0 Å². The van der Waals surface area contributed by atoms with E-state index < -0.39 is 0 Å². The van der Waals surface area contributed by atoms with Gasteiger partial charge in [-0.05, 0) is 21.0 Å². The van der Waals surface area contributed by atoms with Crippen molar-refractivity contribution in [3.8, 4) is 0 Å². The van der Waals surface area contributed by atoms with E-state index in [1.807, 2.05) is 38.3 Å². The highest BCUT2D eigenvalue weighted by Crippen LogP contribution is 2.18. The van der Waals surface area contributed by atoms with Crippen molar-refractivity contribution in [3.05, 3.63) is 12.4 Å². The minimum atomic E-state index is -0.173. The number of nitrogens with zero attached hydrogens (tertiary/aromatic N) is 3. The second-order valence-electron chi connectivity index (χ2n) is 4.55. The summed E-state index contributed by atoms with van der Waals surface area (Å²) in [6.45, 7) is 4.54. The zero-order valence-electron chi connectivity index (χ0n) is 10.1. The molecule has 1 fully saturated rings. The Kier molecular flexibility index (Phi) is 3.05. The minimum Gasteiger partial charge on any atom is -0.445 e. The number of carbonyl (C=O) groups excluding carboxylic acids is 1. The van der Waals surface area contributed by atoms with Crippen LogP contribution >= 0.6 is 0 Å². The minimum absolute atomic E-state index is 0.129. The third kappa shape index (κ3) is 2.14. The first-order valence-corrected chi connectivity index (χ1v) is 5.63. The molecule has 2 unspecified atom stereocenters. The zero-order valence-corrected chi connectivity index (χ0v) is 10.1. The van der Waals surface area contributed by atoms with Crippen molar-refractivity contribution < 1.29 is 9.53 Å². The van der Waals surface area contributed by atoms with Crippen molar-refractivity contribution in [1.82, 2.24) is 14.7 Å². The van der Waals surface area contributed by atoms with E-state index in [1.54, 1.807) is 0 Å². The topological polar surface area (TPSA) is 36.0 Å². The lowest BCUT2D eigenvalue weighted by Gasteiger charge is -2.43. The molecular formula is C11H19N3O2. The predicted molar refractivity (Wildman–Crippen MR) is 60.4 cm³/mol. The predicted octanol–water partition coefficient (Wildman–Crippen LogP) is -0.0918. The fourth-order valence-electron chi connectivity index (χ4n) is 1.87. The second-order valence-corrected chi connectivity index (χ2v) is 4.55. The van der Waals surface area contributed by atoms with Crippen LogP contribution in [0.25, 0.3) is 0 Å². The molecule has 0 radical (unpaired) electrons. The van der Waals surface area contributed by atoms with Gasteiger partial charge in [-0.25, -0.2) is 4.79 Å². The standard InChI is InChI=1S/C11H19N3O2/c1-9(12(2)3)16-11(15)10-8-13-4-6-14(10)7-5-13/h4,6,9-10H,5,7-8H2,1-3H3. The van der Waals surface area contributed by atoms with E-state index in [0.717, 1.165) is 19.6 Å². The highest BCUT2D eigenvalue weighted by molar-refractivity contribution is 5.76. The molecular weight excluding hydrogens is 206 g/mol. The SMILES string of the molecule is CC(OC(=O)C1CN2C=CN1CC2)N(C)C. The number of hydrogen-bond acceptors (Lipinski definition) is 5. The molecule has 0 N–H and O–H groups in total. The van der Waals surface area contributed by atoms with Gasteiger partial charge in [0, 0.05) is 32.0 Å². The highest BCUT2D eigenvalue weighted by Gasteiger charge is 2.34. The number of esters is 1. The number of hydrogen-bond donors (Lipinski definition) is 0. The number of carbonyl (C=O) groups is 1. The average molecular weight is 225 g/mol. The summed E-state index contributed by atoms with van der Waals surface area (Å²) in [4.78, 5) is 18.1. The summed E-state index contributed by atoms with van der Waals surface area (Å²) in [7, 11) is 3.79. The molecule has 0 aliphatic carbocycles. The molecule has 0 aromatic carbocycles. The molecule has 0 amide bonds. The van der Waals surface area contributed by atoms with E-state index >= 15 is 0 Å². The van der Waals surface area contributed by atoms with E-state index in [4.69, 9.17) is 4.74 Å². The van der Waals surface area contributed by atoms with Gasteiger partial charge < -0.3 is 14.5 Å². The van der Waals surface area contributed by atoms with Crippen LogP contribution in [0.15, 0.2) is 12.4 Å². The van der Waals surface area contributed by atoms with Crippen molar-refractivity contribution in [3.63, 3.8) is 0 Å². The van der Waals surface area contributed by atoms with E-state index in [0.29, 0.717) is 0 Å². The first kappa shape index (κ1) is 11.3. The summed E-state index contributed by atoms with van der Waals surface area (Å²) in [6.07, 6.45) is 3.83. The number of piperazine rings is 1. The summed E-state index contributed by atoms with van der Waals surface area (Å²) in [6, 6.07) is -0.138. The third-order valence-corrected chi connectivity index (χ3v) is 3.21. The Hall–Kier alpha value is -1.23. The van der Waals surface area contributed by atoms with Crippen LogP contribution in [0.5, 0.6) is 0 Å². The molecule has 16 heavy (non-hydrogen) atoms. The lowest BCUT2D eigenvalue weighted by Crippen LogP contribution is -2.57. The zero-order chi connectivity index (χ0) is 11.7. The van der Waals surface area contributed by atoms with Gasteiger partial charge in [0.15, 0.2) is 6.23 Å². The molecule has 0 spiro atoms. The molecule has 1 saturated heterocycles. The smallest absolute Gasteiger partial charge is 0.332 e. The van der Waals surface area contributed by atoms with Gasteiger partial charge in [-0.1, -0.05) is 0 Å². The maximum atomic E-state index is 12.0. The van der Waals surface area contributed by atoms with Crippen LogP contribution < -0.4 is 0 Å². The first-order valence-electron chi connectivity index (χ1n) is 5.63. The Morgan fingerprint density at radius 1 is 1.44 bits per heavy atom. The maximum absolute atomic E-state index is 12.0. The molecule has 3 heterocycles. The Balaban J connectivity index is 1.93. The van der Waals surface area contributed by atoms with Crippen LogP contribution in [-0.2, 0) is 9.53 Å². The molecule has 3 aliphatic heterocycles. The van der Waals surface area contributed by atoms with Gasteiger partial charge >= 0.3 is 5.97 Å². The van der Waals surface area contributed by atoms with Crippen LogP contribution in [0.1, 0.15) is 6.92 Å². The van der Waals surface area contributed by atoms with Crippen LogP contribution in [0, 0.1) is 0 Å². The molecule has 0 aromatic heterocycles. The van der Waals surface area contributed by atoms with Crippen molar-refractivity contribution in [2.45, 2.75) is 19.2 Å². The van der Waals surface area contributed by atoms with Gasteiger partial charge in [0.1, 0.15) is 6.04 Å². The Morgan fingerprint density at radius 2 is 2.19 bits per heavy atom.